The number of hydrogen-bond donors (Lipinski definition) is 1. The zero-order valence-electron chi connectivity index (χ0n) is 11.6. The first-order chi connectivity index (χ1) is 8.58. The summed E-state index contributed by atoms with van der Waals surface area (Å²) in [6.07, 6.45) is 1.80. The Bertz CT molecular complexity index is 343. The molecule has 5 nitrogen and oxygen atoms in total. The van der Waals surface area contributed by atoms with E-state index >= 15 is 0 Å². The van der Waals surface area contributed by atoms with Gasteiger partial charge in [0, 0.05) is 25.4 Å². The standard InChI is InChI=1S/C13H23N3O2/c1-10(2)9-17-8-7-15-13-14-6-5-12(16-13)18-11(3)4/h5-6,10-11H,7-9H2,1-4H3,(H,14,15,16). The third-order valence-electron chi connectivity index (χ3n) is 1.97. The lowest BCUT2D eigenvalue weighted by Crippen LogP contribution is -2.14. The lowest BCUT2D eigenvalue weighted by molar-refractivity contribution is 0.118. The molecule has 0 aromatic carbocycles. The second kappa shape index (κ2) is 7.87. The van der Waals surface area contributed by atoms with Crippen LogP contribution in [-0.4, -0.2) is 35.8 Å². The molecule has 0 saturated heterocycles. The van der Waals surface area contributed by atoms with E-state index in [-0.39, 0.29) is 6.10 Å². The van der Waals surface area contributed by atoms with Gasteiger partial charge in [0.15, 0.2) is 0 Å². The Morgan fingerprint density at radius 1 is 1.28 bits per heavy atom. The van der Waals surface area contributed by atoms with Gasteiger partial charge < -0.3 is 14.8 Å². The number of rotatable bonds is 8. The summed E-state index contributed by atoms with van der Waals surface area (Å²) < 4.78 is 11.0. The highest BCUT2D eigenvalue weighted by Crippen LogP contribution is 2.09. The predicted octanol–water partition coefficient (Wildman–Crippen LogP) is 2.35. The summed E-state index contributed by atoms with van der Waals surface area (Å²) in [6, 6.07) is 1.75. The molecule has 1 heterocycles. The number of nitrogens with zero attached hydrogens (tertiary/aromatic N) is 2. The fraction of sp³-hybridized carbons (Fsp3) is 0.692. The summed E-state index contributed by atoms with van der Waals surface area (Å²) in [5, 5.41) is 3.10. The van der Waals surface area contributed by atoms with E-state index in [1.807, 2.05) is 13.8 Å². The smallest absolute Gasteiger partial charge is 0.226 e. The molecule has 5 heteroatoms. The SMILES string of the molecule is CC(C)COCCNc1nccc(OC(C)C)n1. The van der Waals surface area contributed by atoms with Crippen molar-refractivity contribution >= 4 is 5.95 Å². The van der Waals surface area contributed by atoms with Crippen molar-refractivity contribution in [3.8, 4) is 5.88 Å². The van der Waals surface area contributed by atoms with E-state index < -0.39 is 0 Å². The molecule has 0 fully saturated rings. The van der Waals surface area contributed by atoms with Gasteiger partial charge in [-0.15, -0.1) is 0 Å². The van der Waals surface area contributed by atoms with Crippen LogP contribution in [0.2, 0.25) is 0 Å². The van der Waals surface area contributed by atoms with Crippen molar-refractivity contribution in [3.05, 3.63) is 12.3 Å². The number of aromatic nitrogens is 2. The fourth-order valence-electron chi connectivity index (χ4n) is 1.29. The zero-order valence-corrected chi connectivity index (χ0v) is 11.6. The molecule has 1 aromatic heterocycles. The van der Waals surface area contributed by atoms with Gasteiger partial charge in [0.1, 0.15) is 0 Å². The van der Waals surface area contributed by atoms with E-state index in [0.29, 0.717) is 30.9 Å². The maximum absolute atomic E-state index is 5.49. The second-order valence-electron chi connectivity index (χ2n) is 4.78. The van der Waals surface area contributed by atoms with E-state index in [4.69, 9.17) is 9.47 Å². The van der Waals surface area contributed by atoms with Crippen LogP contribution in [0.4, 0.5) is 5.95 Å². The van der Waals surface area contributed by atoms with E-state index in [2.05, 4.69) is 29.1 Å². The van der Waals surface area contributed by atoms with E-state index in [1.165, 1.54) is 0 Å². The minimum Gasteiger partial charge on any atom is -0.475 e. The van der Waals surface area contributed by atoms with Gasteiger partial charge in [-0.05, 0) is 19.8 Å². The van der Waals surface area contributed by atoms with Crippen LogP contribution in [0.3, 0.4) is 0 Å². The molecular weight excluding hydrogens is 230 g/mol. The van der Waals surface area contributed by atoms with Gasteiger partial charge in [-0.3, -0.25) is 0 Å². The Balaban J connectivity index is 2.29. The van der Waals surface area contributed by atoms with Crippen LogP contribution >= 0.6 is 0 Å². The average Bonchev–Trinajstić information content (AvgIpc) is 2.27. The first-order valence-electron chi connectivity index (χ1n) is 6.39. The third-order valence-corrected chi connectivity index (χ3v) is 1.97. The molecule has 0 aliphatic heterocycles. The Kier molecular flexibility index (Phi) is 6.43. The molecule has 0 amide bonds. The van der Waals surface area contributed by atoms with Crippen LogP contribution in [0.1, 0.15) is 27.7 Å². The van der Waals surface area contributed by atoms with Gasteiger partial charge >= 0.3 is 0 Å². The molecule has 0 unspecified atom stereocenters. The van der Waals surface area contributed by atoms with E-state index in [1.54, 1.807) is 12.3 Å². The van der Waals surface area contributed by atoms with Crippen LogP contribution < -0.4 is 10.1 Å². The lowest BCUT2D eigenvalue weighted by Gasteiger charge is -2.10. The summed E-state index contributed by atoms with van der Waals surface area (Å²) in [6.45, 7) is 10.3. The lowest BCUT2D eigenvalue weighted by atomic mass is 10.2. The minimum atomic E-state index is 0.113. The van der Waals surface area contributed by atoms with Crippen LogP contribution in [0.5, 0.6) is 5.88 Å². The first kappa shape index (κ1) is 14.7. The van der Waals surface area contributed by atoms with Crippen molar-refractivity contribution in [2.75, 3.05) is 25.1 Å². The predicted molar refractivity (Wildman–Crippen MR) is 71.9 cm³/mol. The molecule has 0 saturated carbocycles. The topological polar surface area (TPSA) is 56.3 Å². The molecule has 1 N–H and O–H groups in total. The number of hydrogen-bond acceptors (Lipinski definition) is 5. The summed E-state index contributed by atoms with van der Waals surface area (Å²) >= 11 is 0. The Labute approximate surface area is 109 Å². The maximum Gasteiger partial charge on any atom is 0.226 e. The molecule has 0 aliphatic rings. The Hall–Kier alpha value is -1.36. The van der Waals surface area contributed by atoms with E-state index in [9.17, 15) is 0 Å². The van der Waals surface area contributed by atoms with Gasteiger partial charge in [-0.25, -0.2) is 4.98 Å². The summed E-state index contributed by atoms with van der Waals surface area (Å²) in [5.74, 6) is 1.72. The third kappa shape index (κ3) is 6.39. The molecule has 1 aromatic rings. The first-order valence-corrected chi connectivity index (χ1v) is 6.39. The summed E-state index contributed by atoms with van der Waals surface area (Å²) in [5.41, 5.74) is 0. The van der Waals surface area contributed by atoms with Crippen molar-refractivity contribution in [3.63, 3.8) is 0 Å². The highest BCUT2D eigenvalue weighted by molar-refractivity contribution is 5.27. The Morgan fingerprint density at radius 2 is 2.06 bits per heavy atom. The number of ether oxygens (including phenoxy) is 2. The zero-order chi connectivity index (χ0) is 13.4. The van der Waals surface area contributed by atoms with Crippen LogP contribution in [0.15, 0.2) is 12.3 Å². The maximum atomic E-state index is 5.49. The molecule has 0 spiro atoms. The van der Waals surface area contributed by atoms with Gasteiger partial charge in [-0.1, -0.05) is 13.8 Å². The molecule has 102 valence electrons. The quantitative estimate of drug-likeness (QED) is 0.721. The van der Waals surface area contributed by atoms with Crippen LogP contribution in [-0.2, 0) is 4.74 Å². The monoisotopic (exact) mass is 253 g/mol. The van der Waals surface area contributed by atoms with Crippen molar-refractivity contribution in [1.82, 2.24) is 9.97 Å². The summed E-state index contributed by atoms with van der Waals surface area (Å²) in [4.78, 5) is 8.37. The largest absolute Gasteiger partial charge is 0.475 e. The number of nitrogens with one attached hydrogen (secondary N) is 1. The second-order valence-corrected chi connectivity index (χ2v) is 4.78. The molecular formula is C13H23N3O2. The van der Waals surface area contributed by atoms with Gasteiger partial charge in [-0.2, -0.15) is 4.98 Å². The molecule has 0 aliphatic carbocycles. The van der Waals surface area contributed by atoms with Gasteiger partial charge in [0.25, 0.3) is 0 Å². The van der Waals surface area contributed by atoms with E-state index in [0.717, 1.165) is 6.61 Å². The molecule has 18 heavy (non-hydrogen) atoms. The number of anilines is 1. The Morgan fingerprint density at radius 3 is 2.72 bits per heavy atom. The normalized spacial score (nSPS) is 11.0. The molecule has 0 radical (unpaired) electrons. The summed E-state index contributed by atoms with van der Waals surface area (Å²) in [7, 11) is 0. The highest BCUT2D eigenvalue weighted by atomic mass is 16.5. The van der Waals surface area contributed by atoms with Crippen molar-refractivity contribution in [2.45, 2.75) is 33.8 Å². The fourth-order valence-corrected chi connectivity index (χ4v) is 1.29. The van der Waals surface area contributed by atoms with Crippen molar-refractivity contribution in [1.29, 1.82) is 0 Å². The van der Waals surface area contributed by atoms with Gasteiger partial charge in [0.2, 0.25) is 11.8 Å². The minimum absolute atomic E-state index is 0.113. The van der Waals surface area contributed by atoms with Crippen molar-refractivity contribution < 1.29 is 9.47 Å². The van der Waals surface area contributed by atoms with Crippen molar-refractivity contribution in [2.24, 2.45) is 5.92 Å². The van der Waals surface area contributed by atoms with Crippen LogP contribution in [0.25, 0.3) is 0 Å². The van der Waals surface area contributed by atoms with Gasteiger partial charge in [0.05, 0.1) is 12.7 Å². The van der Waals surface area contributed by atoms with Crippen LogP contribution in [0, 0.1) is 5.92 Å². The highest BCUT2D eigenvalue weighted by Gasteiger charge is 2.01. The molecule has 0 bridgehead atoms. The average molecular weight is 253 g/mol. The molecule has 1 rings (SSSR count). The molecule has 0 atom stereocenters.